The molecule has 3 N–H and O–H groups in total. The number of aliphatic hydroxyl groups is 1. The Balaban J connectivity index is 1.88. The zero-order valence-electron chi connectivity index (χ0n) is 14.6. The first-order valence-corrected chi connectivity index (χ1v) is 9.36. The van der Waals surface area contributed by atoms with Crippen LogP contribution in [0.4, 0.5) is 0 Å². The number of carbonyl (C=O) groups is 1. The zero-order valence-corrected chi connectivity index (χ0v) is 15.4. The molecule has 0 atom stereocenters. The van der Waals surface area contributed by atoms with E-state index in [-0.39, 0.29) is 10.5 Å². The average Bonchev–Trinajstić information content (AvgIpc) is 2.68. The van der Waals surface area contributed by atoms with Crippen LogP contribution in [-0.4, -0.2) is 32.3 Å². The van der Waals surface area contributed by atoms with E-state index in [2.05, 4.69) is 15.2 Å². The van der Waals surface area contributed by atoms with Crippen LogP contribution in [0.3, 0.4) is 0 Å². The Kier molecular flexibility index (Phi) is 4.87. The Morgan fingerprint density at radius 3 is 2.67 bits per heavy atom. The van der Waals surface area contributed by atoms with Crippen molar-refractivity contribution in [1.82, 2.24) is 10.1 Å². The fraction of sp³-hybridized carbons (Fsp3) is 0.111. The number of hydrogen-bond acceptors (Lipinski definition) is 6. The fourth-order valence-corrected chi connectivity index (χ4v) is 3.81. The van der Waals surface area contributed by atoms with E-state index in [0.717, 1.165) is 0 Å². The highest BCUT2D eigenvalue weighted by Crippen LogP contribution is 2.28. The second-order valence-electron chi connectivity index (χ2n) is 5.70. The van der Waals surface area contributed by atoms with Crippen molar-refractivity contribution in [1.29, 1.82) is 0 Å². The van der Waals surface area contributed by atoms with E-state index in [1.165, 1.54) is 25.3 Å². The molecule has 1 amide bonds. The van der Waals surface area contributed by atoms with E-state index in [9.17, 15) is 18.3 Å². The first-order chi connectivity index (χ1) is 12.8. The van der Waals surface area contributed by atoms with Crippen LogP contribution in [0.15, 0.2) is 64.2 Å². The molecule has 1 aliphatic rings. The molecule has 140 valence electrons. The standard InChI is InChI=1S/C18H17N3O5S/c1-11(12-6-5-7-13(10-12)26-2)19-20-18(23)16-17(22)14-8-3-4-9-15(14)27(24,25)21-16/h3-10,21-22H,1-2H3,(H,20,23)/b19-11+. The van der Waals surface area contributed by atoms with Gasteiger partial charge in [0.05, 0.1) is 17.7 Å². The minimum Gasteiger partial charge on any atom is -0.505 e. The van der Waals surface area contributed by atoms with Crippen molar-refractivity contribution in [3.8, 4) is 5.75 Å². The van der Waals surface area contributed by atoms with Crippen LogP contribution in [0.5, 0.6) is 5.75 Å². The lowest BCUT2D eigenvalue weighted by Gasteiger charge is -2.20. The largest absolute Gasteiger partial charge is 0.505 e. The lowest BCUT2D eigenvalue weighted by molar-refractivity contribution is -0.117. The highest BCUT2D eigenvalue weighted by Gasteiger charge is 2.32. The van der Waals surface area contributed by atoms with Gasteiger partial charge in [0.2, 0.25) is 0 Å². The van der Waals surface area contributed by atoms with Gasteiger partial charge in [-0.25, -0.2) is 13.8 Å². The summed E-state index contributed by atoms with van der Waals surface area (Å²) >= 11 is 0. The van der Waals surface area contributed by atoms with Crippen molar-refractivity contribution in [2.45, 2.75) is 11.8 Å². The molecule has 8 nitrogen and oxygen atoms in total. The van der Waals surface area contributed by atoms with Crippen LogP contribution >= 0.6 is 0 Å². The summed E-state index contributed by atoms with van der Waals surface area (Å²) in [7, 11) is -2.43. The molecule has 0 saturated heterocycles. The van der Waals surface area contributed by atoms with Crippen LogP contribution in [0.25, 0.3) is 5.76 Å². The van der Waals surface area contributed by atoms with Gasteiger partial charge >= 0.3 is 0 Å². The van der Waals surface area contributed by atoms with Gasteiger partial charge in [0, 0.05) is 11.1 Å². The van der Waals surface area contributed by atoms with Crippen molar-refractivity contribution in [2.75, 3.05) is 7.11 Å². The number of carbonyl (C=O) groups excluding carboxylic acids is 1. The lowest BCUT2D eigenvalue weighted by atomic mass is 10.1. The topological polar surface area (TPSA) is 117 Å². The van der Waals surface area contributed by atoms with Gasteiger partial charge in [-0.1, -0.05) is 24.3 Å². The summed E-state index contributed by atoms with van der Waals surface area (Å²) in [5.74, 6) is -0.717. The molecular formula is C18H17N3O5S. The third-order valence-corrected chi connectivity index (χ3v) is 5.35. The number of ether oxygens (including phenoxy) is 1. The molecular weight excluding hydrogens is 370 g/mol. The number of methoxy groups -OCH3 is 1. The highest BCUT2D eigenvalue weighted by atomic mass is 32.2. The maximum atomic E-state index is 12.4. The molecule has 0 saturated carbocycles. The van der Waals surface area contributed by atoms with Crippen LogP contribution in [0.2, 0.25) is 0 Å². The second kappa shape index (κ2) is 7.12. The normalized spacial score (nSPS) is 15.6. The molecule has 0 bridgehead atoms. The quantitative estimate of drug-likeness (QED) is 0.546. The molecule has 0 spiro atoms. The summed E-state index contributed by atoms with van der Waals surface area (Å²) in [6.45, 7) is 1.67. The maximum absolute atomic E-state index is 12.4. The van der Waals surface area contributed by atoms with Gasteiger partial charge in [-0.3, -0.25) is 9.52 Å². The van der Waals surface area contributed by atoms with E-state index >= 15 is 0 Å². The van der Waals surface area contributed by atoms with Crippen LogP contribution < -0.4 is 14.9 Å². The number of rotatable bonds is 4. The Labute approximate surface area is 156 Å². The number of hydrogen-bond donors (Lipinski definition) is 3. The number of hydrazone groups is 1. The molecule has 0 aliphatic carbocycles. The summed E-state index contributed by atoms with van der Waals surface area (Å²) in [6, 6.07) is 12.9. The van der Waals surface area contributed by atoms with Crippen LogP contribution in [0.1, 0.15) is 18.1 Å². The summed E-state index contributed by atoms with van der Waals surface area (Å²) in [5, 5.41) is 14.3. The number of benzene rings is 2. The molecule has 0 aromatic heterocycles. The molecule has 9 heteroatoms. The summed E-state index contributed by atoms with van der Waals surface area (Å²) in [6.07, 6.45) is 0. The van der Waals surface area contributed by atoms with Crippen molar-refractivity contribution >= 4 is 27.4 Å². The Bertz CT molecular complexity index is 1070. The first kappa shape index (κ1) is 18.5. The van der Waals surface area contributed by atoms with Gasteiger partial charge in [-0.05, 0) is 31.2 Å². The SMILES string of the molecule is COc1cccc(/C(C)=N/NC(=O)C2=C(O)c3ccccc3S(=O)(=O)N2)c1. The third kappa shape index (κ3) is 3.63. The predicted molar refractivity (Wildman–Crippen MR) is 99.7 cm³/mol. The number of nitrogens with one attached hydrogen (secondary N) is 2. The molecule has 3 rings (SSSR count). The van der Waals surface area contributed by atoms with Gasteiger partial charge in [-0.2, -0.15) is 5.10 Å². The average molecular weight is 387 g/mol. The number of nitrogens with zero attached hydrogens (tertiary/aromatic N) is 1. The van der Waals surface area contributed by atoms with Gasteiger partial charge in [0.15, 0.2) is 11.5 Å². The van der Waals surface area contributed by atoms with Gasteiger partial charge < -0.3 is 9.84 Å². The van der Waals surface area contributed by atoms with E-state index < -0.39 is 27.4 Å². The maximum Gasteiger partial charge on any atom is 0.292 e. The van der Waals surface area contributed by atoms with Crippen LogP contribution in [-0.2, 0) is 14.8 Å². The molecule has 2 aromatic carbocycles. The lowest BCUT2D eigenvalue weighted by Crippen LogP contribution is -2.37. The molecule has 0 unspecified atom stereocenters. The minimum atomic E-state index is -3.96. The van der Waals surface area contributed by atoms with E-state index in [1.807, 2.05) is 0 Å². The molecule has 2 aromatic rings. The van der Waals surface area contributed by atoms with Gasteiger partial charge in [0.25, 0.3) is 15.9 Å². The fourth-order valence-electron chi connectivity index (χ4n) is 2.53. The Morgan fingerprint density at radius 1 is 1.19 bits per heavy atom. The number of sulfonamides is 1. The van der Waals surface area contributed by atoms with Gasteiger partial charge in [0.1, 0.15) is 5.75 Å². The van der Waals surface area contributed by atoms with Crippen molar-refractivity contribution in [2.24, 2.45) is 5.10 Å². The number of amides is 1. The Hall–Kier alpha value is -3.33. The van der Waals surface area contributed by atoms with E-state index in [0.29, 0.717) is 17.0 Å². The molecule has 1 aliphatic heterocycles. The molecule has 1 heterocycles. The van der Waals surface area contributed by atoms with Crippen molar-refractivity contribution in [3.05, 3.63) is 65.4 Å². The summed E-state index contributed by atoms with van der Waals surface area (Å²) in [4.78, 5) is 12.3. The van der Waals surface area contributed by atoms with Crippen molar-refractivity contribution < 1.29 is 23.1 Å². The predicted octanol–water partition coefficient (Wildman–Crippen LogP) is 1.75. The van der Waals surface area contributed by atoms with Gasteiger partial charge in [-0.15, -0.1) is 0 Å². The monoisotopic (exact) mass is 387 g/mol. The third-order valence-electron chi connectivity index (χ3n) is 3.94. The number of fused-ring (bicyclic) bond motifs is 1. The van der Waals surface area contributed by atoms with E-state index in [4.69, 9.17) is 4.74 Å². The number of aliphatic hydroxyl groups excluding tert-OH is 1. The smallest absolute Gasteiger partial charge is 0.292 e. The molecule has 0 radical (unpaired) electrons. The minimum absolute atomic E-state index is 0.0508. The van der Waals surface area contributed by atoms with Crippen molar-refractivity contribution in [3.63, 3.8) is 0 Å². The summed E-state index contributed by atoms with van der Waals surface area (Å²) in [5.41, 5.74) is 3.00. The van der Waals surface area contributed by atoms with Crippen LogP contribution in [0, 0.1) is 0 Å². The molecule has 0 fully saturated rings. The second-order valence-corrected chi connectivity index (χ2v) is 7.35. The summed E-state index contributed by atoms with van der Waals surface area (Å²) < 4.78 is 31.8. The van der Waals surface area contributed by atoms with E-state index in [1.54, 1.807) is 37.3 Å². The Morgan fingerprint density at radius 2 is 1.93 bits per heavy atom. The highest BCUT2D eigenvalue weighted by molar-refractivity contribution is 7.89. The first-order valence-electron chi connectivity index (χ1n) is 7.88. The molecule has 27 heavy (non-hydrogen) atoms. The zero-order chi connectivity index (χ0) is 19.6.